The summed E-state index contributed by atoms with van der Waals surface area (Å²) in [6.07, 6.45) is 5.67. The molecule has 0 radical (unpaired) electrons. The van der Waals surface area contributed by atoms with Crippen LogP contribution in [0.25, 0.3) is 11.3 Å². The number of aromatic nitrogens is 3. The lowest BCUT2D eigenvalue weighted by Gasteiger charge is -2.07. The fourth-order valence-corrected chi connectivity index (χ4v) is 3.65. The first-order chi connectivity index (χ1) is 12.8. The van der Waals surface area contributed by atoms with Gasteiger partial charge in [-0.1, -0.05) is 30.2 Å². The second kappa shape index (κ2) is 8.06. The first kappa shape index (κ1) is 17.3. The van der Waals surface area contributed by atoms with Gasteiger partial charge in [0.05, 0.1) is 11.6 Å². The van der Waals surface area contributed by atoms with E-state index in [-0.39, 0.29) is 0 Å². The number of aryl methyl sites for hydroxylation is 1. The third-order valence-corrected chi connectivity index (χ3v) is 5.14. The maximum absolute atomic E-state index is 6.23. The Morgan fingerprint density at radius 3 is 2.92 bits per heavy atom. The molecule has 5 nitrogen and oxygen atoms in total. The second-order valence-corrected chi connectivity index (χ2v) is 7.07. The molecule has 1 aromatic carbocycles. The SMILES string of the molecule is Clc1ccccc1-c1ccc(CNCCc2nnc3n2CCCCC3)o1. The number of fused-ring (bicyclic) bond motifs is 1. The molecule has 4 rings (SSSR count). The zero-order chi connectivity index (χ0) is 17.8. The Labute approximate surface area is 158 Å². The van der Waals surface area contributed by atoms with Crippen LogP contribution >= 0.6 is 11.6 Å². The van der Waals surface area contributed by atoms with E-state index in [1.165, 1.54) is 19.3 Å². The zero-order valence-electron chi connectivity index (χ0n) is 14.7. The first-order valence-electron chi connectivity index (χ1n) is 9.26. The van der Waals surface area contributed by atoms with E-state index in [0.717, 1.165) is 54.7 Å². The quantitative estimate of drug-likeness (QED) is 0.659. The topological polar surface area (TPSA) is 55.9 Å². The van der Waals surface area contributed by atoms with Gasteiger partial charge in [-0.25, -0.2) is 0 Å². The number of furan rings is 1. The molecule has 3 heterocycles. The summed E-state index contributed by atoms with van der Waals surface area (Å²) in [5.74, 6) is 3.94. The minimum Gasteiger partial charge on any atom is -0.460 e. The van der Waals surface area contributed by atoms with Gasteiger partial charge in [-0.2, -0.15) is 0 Å². The van der Waals surface area contributed by atoms with Crippen molar-refractivity contribution in [3.8, 4) is 11.3 Å². The van der Waals surface area contributed by atoms with Crippen molar-refractivity contribution >= 4 is 11.6 Å². The molecule has 0 amide bonds. The molecular weight excluding hydrogens is 348 g/mol. The highest BCUT2D eigenvalue weighted by atomic mass is 35.5. The van der Waals surface area contributed by atoms with Crippen LogP contribution < -0.4 is 5.32 Å². The third-order valence-electron chi connectivity index (χ3n) is 4.81. The number of nitrogens with zero attached hydrogens (tertiary/aromatic N) is 3. The van der Waals surface area contributed by atoms with Crippen molar-refractivity contribution in [3.63, 3.8) is 0 Å². The van der Waals surface area contributed by atoms with Crippen molar-refractivity contribution in [1.82, 2.24) is 20.1 Å². The average molecular weight is 371 g/mol. The summed E-state index contributed by atoms with van der Waals surface area (Å²) in [6, 6.07) is 11.7. The minimum absolute atomic E-state index is 0.686. The van der Waals surface area contributed by atoms with E-state index < -0.39 is 0 Å². The summed E-state index contributed by atoms with van der Waals surface area (Å²) in [5, 5.41) is 12.9. The van der Waals surface area contributed by atoms with E-state index in [1.54, 1.807) is 0 Å². The van der Waals surface area contributed by atoms with Gasteiger partial charge in [0.1, 0.15) is 23.2 Å². The maximum atomic E-state index is 6.23. The van der Waals surface area contributed by atoms with Crippen molar-refractivity contribution in [2.24, 2.45) is 0 Å². The van der Waals surface area contributed by atoms with Gasteiger partial charge in [0.2, 0.25) is 0 Å². The van der Waals surface area contributed by atoms with E-state index >= 15 is 0 Å². The van der Waals surface area contributed by atoms with Crippen molar-refractivity contribution in [3.05, 3.63) is 58.8 Å². The van der Waals surface area contributed by atoms with Gasteiger partial charge in [0.25, 0.3) is 0 Å². The molecule has 1 aliphatic heterocycles. The summed E-state index contributed by atoms with van der Waals surface area (Å²) in [6.45, 7) is 2.59. The summed E-state index contributed by atoms with van der Waals surface area (Å²) < 4.78 is 8.22. The number of hydrogen-bond acceptors (Lipinski definition) is 4. The van der Waals surface area contributed by atoms with E-state index in [1.807, 2.05) is 36.4 Å². The number of hydrogen-bond donors (Lipinski definition) is 1. The molecule has 1 aliphatic rings. The number of nitrogens with one attached hydrogen (secondary N) is 1. The van der Waals surface area contributed by atoms with Gasteiger partial charge in [0, 0.05) is 31.5 Å². The largest absolute Gasteiger partial charge is 0.460 e. The Morgan fingerprint density at radius 1 is 1.08 bits per heavy atom. The van der Waals surface area contributed by atoms with Crippen molar-refractivity contribution in [2.45, 2.75) is 45.2 Å². The van der Waals surface area contributed by atoms with Gasteiger partial charge in [-0.05, 0) is 37.1 Å². The van der Waals surface area contributed by atoms with Crippen LogP contribution in [0.3, 0.4) is 0 Å². The highest BCUT2D eigenvalue weighted by molar-refractivity contribution is 6.33. The summed E-state index contributed by atoms with van der Waals surface area (Å²) >= 11 is 6.23. The molecule has 3 aromatic rings. The standard InChI is InChI=1S/C20H23ClN4O/c21-17-7-4-3-6-16(17)18-10-9-15(26-18)14-22-12-11-20-24-23-19-8-2-1-5-13-25(19)20/h3-4,6-7,9-10,22H,1-2,5,8,11-14H2. The molecule has 6 heteroatoms. The maximum Gasteiger partial charge on any atom is 0.135 e. The van der Waals surface area contributed by atoms with E-state index in [0.29, 0.717) is 11.6 Å². The van der Waals surface area contributed by atoms with Crippen molar-refractivity contribution in [2.75, 3.05) is 6.54 Å². The van der Waals surface area contributed by atoms with Gasteiger partial charge in [-0.3, -0.25) is 0 Å². The summed E-state index contributed by atoms with van der Waals surface area (Å²) in [4.78, 5) is 0. The highest BCUT2D eigenvalue weighted by Crippen LogP contribution is 2.28. The normalized spacial score (nSPS) is 14.2. The number of benzene rings is 1. The van der Waals surface area contributed by atoms with Crippen LogP contribution in [0.1, 0.15) is 36.7 Å². The molecule has 26 heavy (non-hydrogen) atoms. The molecular formula is C20H23ClN4O. The van der Waals surface area contributed by atoms with Crippen LogP contribution in [-0.2, 0) is 25.9 Å². The van der Waals surface area contributed by atoms with Crippen LogP contribution in [-0.4, -0.2) is 21.3 Å². The Bertz CT molecular complexity index is 870. The van der Waals surface area contributed by atoms with Crippen LogP contribution in [0, 0.1) is 0 Å². The summed E-state index contributed by atoms with van der Waals surface area (Å²) in [5.41, 5.74) is 0.923. The van der Waals surface area contributed by atoms with Crippen LogP contribution in [0.5, 0.6) is 0 Å². The average Bonchev–Trinajstić information content (AvgIpc) is 3.20. The van der Waals surface area contributed by atoms with Crippen LogP contribution in [0.2, 0.25) is 5.02 Å². The molecule has 0 fully saturated rings. The second-order valence-electron chi connectivity index (χ2n) is 6.67. The fourth-order valence-electron chi connectivity index (χ4n) is 3.42. The molecule has 0 unspecified atom stereocenters. The smallest absolute Gasteiger partial charge is 0.135 e. The molecule has 2 aromatic heterocycles. The van der Waals surface area contributed by atoms with Gasteiger partial charge in [0.15, 0.2) is 0 Å². The molecule has 0 atom stereocenters. The van der Waals surface area contributed by atoms with Crippen LogP contribution in [0.15, 0.2) is 40.8 Å². The molecule has 0 spiro atoms. The number of rotatable bonds is 6. The fraction of sp³-hybridized carbons (Fsp3) is 0.400. The monoisotopic (exact) mass is 370 g/mol. The number of halogens is 1. The Balaban J connectivity index is 1.31. The Morgan fingerprint density at radius 2 is 2.00 bits per heavy atom. The van der Waals surface area contributed by atoms with E-state index in [2.05, 4.69) is 20.1 Å². The molecule has 0 aliphatic carbocycles. The zero-order valence-corrected chi connectivity index (χ0v) is 15.5. The van der Waals surface area contributed by atoms with Gasteiger partial charge in [-0.15, -0.1) is 10.2 Å². The predicted molar refractivity (Wildman–Crippen MR) is 102 cm³/mol. The first-order valence-corrected chi connectivity index (χ1v) is 9.64. The Kier molecular flexibility index (Phi) is 5.37. The highest BCUT2D eigenvalue weighted by Gasteiger charge is 2.14. The van der Waals surface area contributed by atoms with Gasteiger partial charge < -0.3 is 14.3 Å². The van der Waals surface area contributed by atoms with Crippen molar-refractivity contribution in [1.29, 1.82) is 0 Å². The van der Waals surface area contributed by atoms with E-state index in [9.17, 15) is 0 Å². The van der Waals surface area contributed by atoms with Crippen molar-refractivity contribution < 1.29 is 4.42 Å². The lowest BCUT2D eigenvalue weighted by Crippen LogP contribution is -2.18. The van der Waals surface area contributed by atoms with E-state index in [4.69, 9.17) is 16.0 Å². The lowest BCUT2D eigenvalue weighted by atomic mass is 10.2. The molecule has 0 bridgehead atoms. The molecule has 0 saturated heterocycles. The summed E-state index contributed by atoms with van der Waals surface area (Å²) in [7, 11) is 0. The van der Waals surface area contributed by atoms with Gasteiger partial charge >= 0.3 is 0 Å². The lowest BCUT2D eigenvalue weighted by molar-refractivity contribution is 0.491. The predicted octanol–water partition coefficient (Wildman–Crippen LogP) is 4.25. The minimum atomic E-state index is 0.686. The third kappa shape index (κ3) is 3.84. The van der Waals surface area contributed by atoms with Crippen LogP contribution in [0.4, 0.5) is 0 Å². The molecule has 1 N–H and O–H groups in total. The molecule has 0 saturated carbocycles. The molecule has 136 valence electrons. The Hall–Kier alpha value is -2.11.